The largest absolute Gasteiger partial charge is 0.323 e. The lowest BCUT2D eigenvalue weighted by Gasteiger charge is -2.08. The Morgan fingerprint density at radius 3 is 2.67 bits per heavy atom. The van der Waals surface area contributed by atoms with Crippen molar-refractivity contribution >= 4 is 0 Å². The molecule has 1 aromatic rings. The molecule has 2 rings (SSSR count). The fraction of sp³-hybridized carbons (Fsp3) is 0.583. The molecule has 0 radical (unpaired) electrons. The van der Waals surface area contributed by atoms with Gasteiger partial charge in [0, 0.05) is 11.9 Å². The van der Waals surface area contributed by atoms with E-state index in [0.29, 0.717) is 0 Å². The minimum Gasteiger partial charge on any atom is -0.323 e. The van der Waals surface area contributed by atoms with Crippen molar-refractivity contribution in [2.24, 2.45) is 0 Å². The van der Waals surface area contributed by atoms with Gasteiger partial charge in [0.1, 0.15) is 0 Å². The Bertz CT molecular complexity index is 364. The molecule has 0 aliphatic carbocycles. The van der Waals surface area contributed by atoms with Crippen LogP contribution < -0.4 is 0 Å². The van der Waals surface area contributed by atoms with Gasteiger partial charge in [0.25, 0.3) is 0 Å². The first-order valence-electron chi connectivity index (χ1n) is 5.51. The van der Waals surface area contributed by atoms with E-state index in [2.05, 4.69) is 33.2 Å². The summed E-state index contributed by atoms with van der Waals surface area (Å²) in [6, 6.07) is 0. The average Bonchev–Trinajstić information content (AvgIpc) is 2.85. The highest BCUT2D eigenvalue weighted by atomic mass is 15.1. The molecule has 0 spiro atoms. The van der Waals surface area contributed by atoms with Crippen LogP contribution in [0.4, 0.5) is 0 Å². The van der Waals surface area contributed by atoms with Gasteiger partial charge in [-0.1, -0.05) is 11.8 Å². The Balaban J connectivity index is 1.77. The van der Waals surface area contributed by atoms with Crippen LogP contribution in [0.5, 0.6) is 0 Å². The first kappa shape index (κ1) is 10.3. The molecule has 3 heteroatoms. The number of nitrogens with zero attached hydrogens (tertiary/aromatic N) is 3. The van der Waals surface area contributed by atoms with E-state index in [-0.39, 0.29) is 0 Å². The van der Waals surface area contributed by atoms with Gasteiger partial charge >= 0.3 is 0 Å². The minimum absolute atomic E-state index is 0.764. The maximum absolute atomic E-state index is 4.06. The van der Waals surface area contributed by atoms with Crippen LogP contribution in [0.15, 0.2) is 12.5 Å². The predicted molar refractivity (Wildman–Crippen MR) is 60.4 cm³/mol. The lowest BCUT2D eigenvalue weighted by molar-refractivity contribution is 0.383. The van der Waals surface area contributed by atoms with Gasteiger partial charge in [-0.05, 0) is 32.9 Å². The SMILES string of the molecule is Cc1cncn1CC#CCN1CCCC1. The number of hydrogen-bond donors (Lipinski definition) is 0. The molecule has 15 heavy (non-hydrogen) atoms. The lowest BCUT2D eigenvalue weighted by atomic mass is 10.4. The molecule has 80 valence electrons. The number of hydrogen-bond acceptors (Lipinski definition) is 2. The lowest BCUT2D eigenvalue weighted by Crippen LogP contribution is -2.19. The van der Waals surface area contributed by atoms with Gasteiger partial charge in [0.15, 0.2) is 0 Å². The van der Waals surface area contributed by atoms with Crippen LogP contribution in [0.25, 0.3) is 0 Å². The molecule has 0 N–H and O–H groups in total. The summed E-state index contributed by atoms with van der Waals surface area (Å²) in [6.07, 6.45) is 6.37. The van der Waals surface area contributed by atoms with Crippen molar-refractivity contribution in [1.82, 2.24) is 14.5 Å². The van der Waals surface area contributed by atoms with Crippen molar-refractivity contribution in [2.75, 3.05) is 19.6 Å². The fourth-order valence-corrected chi connectivity index (χ4v) is 1.80. The van der Waals surface area contributed by atoms with Gasteiger partial charge in [-0.25, -0.2) is 4.98 Å². The summed E-state index contributed by atoms with van der Waals surface area (Å²) >= 11 is 0. The Morgan fingerprint density at radius 1 is 1.27 bits per heavy atom. The molecule has 1 fully saturated rings. The first-order valence-corrected chi connectivity index (χ1v) is 5.51. The molecular formula is C12H17N3. The summed E-state index contributed by atoms with van der Waals surface area (Å²) in [5.41, 5.74) is 1.17. The van der Waals surface area contributed by atoms with Crippen LogP contribution in [0, 0.1) is 18.8 Å². The van der Waals surface area contributed by atoms with Crippen LogP contribution in [0.3, 0.4) is 0 Å². The molecule has 0 bridgehead atoms. The second kappa shape index (κ2) is 4.99. The zero-order valence-corrected chi connectivity index (χ0v) is 9.24. The maximum atomic E-state index is 4.06. The highest BCUT2D eigenvalue weighted by Gasteiger charge is 2.08. The van der Waals surface area contributed by atoms with Crippen molar-refractivity contribution in [1.29, 1.82) is 0 Å². The van der Waals surface area contributed by atoms with Gasteiger partial charge in [-0.2, -0.15) is 0 Å². The molecule has 1 saturated heterocycles. The number of rotatable bonds is 2. The van der Waals surface area contributed by atoms with E-state index in [1.807, 2.05) is 12.5 Å². The Kier molecular flexibility index (Phi) is 3.41. The van der Waals surface area contributed by atoms with E-state index >= 15 is 0 Å². The summed E-state index contributed by atoms with van der Waals surface area (Å²) in [6.45, 7) is 6.18. The normalized spacial score (nSPS) is 16.3. The fourth-order valence-electron chi connectivity index (χ4n) is 1.80. The second-order valence-electron chi connectivity index (χ2n) is 4.00. The highest BCUT2D eigenvalue weighted by molar-refractivity contribution is 5.05. The van der Waals surface area contributed by atoms with Crippen molar-refractivity contribution in [3.63, 3.8) is 0 Å². The standard InChI is InChI=1S/C12H17N3/c1-12-10-13-11-15(12)9-5-4-8-14-6-2-3-7-14/h10-11H,2-3,6-9H2,1H3. The van der Waals surface area contributed by atoms with Gasteiger partial charge < -0.3 is 4.57 Å². The van der Waals surface area contributed by atoms with Gasteiger partial charge in [-0.15, -0.1) is 0 Å². The Hall–Kier alpha value is -1.27. The van der Waals surface area contributed by atoms with E-state index in [1.165, 1.54) is 31.6 Å². The van der Waals surface area contributed by atoms with Gasteiger partial charge in [-0.3, -0.25) is 4.90 Å². The summed E-state index contributed by atoms with van der Waals surface area (Å²) in [7, 11) is 0. The highest BCUT2D eigenvalue weighted by Crippen LogP contribution is 2.05. The summed E-state index contributed by atoms with van der Waals surface area (Å²) in [4.78, 5) is 6.47. The third-order valence-corrected chi connectivity index (χ3v) is 2.80. The zero-order chi connectivity index (χ0) is 10.5. The first-order chi connectivity index (χ1) is 7.36. The molecule has 0 unspecified atom stereocenters. The summed E-state index contributed by atoms with van der Waals surface area (Å²) in [5.74, 6) is 6.41. The van der Waals surface area contributed by atoms with Crippen LogP contribution in [0.1, 0.15) is 18.5 Å². The topological polar surface area (TPSA) is 21.1 Å². The van der Waals surface area contributed by atoms with Crippen LogP contribution in [0.2, 0.25) is 0 Å². The van der Waals surface area contributed by atoms with Crippen LogP contribution in [-0.4, -0.2) is 34.1 Å². The molecule has 1 aliphatic rings. The molecule has 2 heterocycles. The molecule has 0 atom stereocenters. The van der Waals surface area contributed by atoms with Crippen LogP contribution in [-0.2, 0) is 6.54 Å². The quantitative estimate of drug-likeness (QED) is 0.675. The van der Waals surface area contributed by atoms with E-state index in [0.717, 1.165) is 13.1 Å². The van der Waals surface area contributed by atoms with Crippen molar-refractivity contribution in [3.05, 3.63) is 18.2 Å². The number of likely N-dealkylation sites (tertiary alicyclic amines) is 1. The molecule has 0 aromatic carbocycles. The maximum Gasteiger partial charge on any atom is 0.0956 e. The predicted octanol–water partition coefficient (Wildman–Crippen LogP) is 1.29. The molecule has 1 aliphatic heterocycles. The molecule has 0 saturated carbocycles. The van der Waals surface area contributed by atoms with Gasteiger partial charge in [0.05, 0.1) is 19.4 Å². The van der Waals surface area contributed by atoms with Crippen molar-refractivity contribution < 1.29 is 0 Å². The van der Waals surface area contributed by atoms with Crippen molar-refractivity contribution in [2.45, 2.75) is 26.3 Å². The molecule has 3 nitrogen and oxygen atoms in total. The third kappa shape index (κ3) is 2.84. The smallest absolute Gasteiger partial charge is 0.0956 e. The van der Waals surface area contributed by atoms with Crippen molar-refractivity contribution in [3.8, 4) is 11.8 Å². The van der Waals surface area contributed by atoms with Crippen LogP contribution >= 0.6 is 0 Å². The minimum atomic E-state index is 0.764. The Morgan fingerprint density at radius 2 is 2.00 bits per heavy atom. The molecule has 1 aromatic heterocycles. The Labute approximate surface area is 91.1 Å². The zero-order valence-electron chi connectivity index (χ0n) is 9.24. The van der Waals surface area contributed by atoms with Gasteiger partial charge in [0.2, 0.25) is 0 Å². The monoisotopic (exact) mass is 203 g/mol. The van der Waals surface area contributed by atoms with E-state index in [9.17, 15) is 0 Å². The average molecular weight is 203 g/mol. The third-order valence-electron chi connectivity index (χ3n) is 2.80. The number of aryl methyl sites for hydroxylation is 1. The number of aromatic nitrogens is 2. The summed E-state index contributed by atoms with van der Waals surface area (Å²) < 4.78 is 2.07. The number of imidazole rings is 1. The summed E-state index contributed by atoms with van der Waals surface area (Å²) in [5, 5.41) is 0. The molecular weight excluding hydrogens is 186 g/mol. The van der Waals surface area contributed by atoms with E-state index in [4.69, 9.17) is 0 Å². The van der Waals surface area contributed by atoms with E-state index < -0.39 is 0 Å². The van der Waals surface area contributed by atoms with E-state index in [1.54, 1.807) is 0 Å². The second-order valence-corrected chi connectivity index (χ2v) is 4.00. The molecule has 0 amide bonds.